The van der Waals surface area contributed by atoms with E-state index in [2.05, 4.69) is 10.6 Å². The van der Waals surface area contributed by atoms with Gasteiger partial charge in [-0.1, -0.05) is 12.1 Å². The van der Waals surface area contributed by atoms with Gasteiger partial charge in [-0.2, -0.15) is 0 Å². The summed E-state index contributed by atoms with van der Waals surface area (Å²) in [4.78, 5) is 12.5. The molecule has 0 aromatic heterocycles. The fourth-order valence-corrected chi connectivity index (χ4v) is 2.68. The molecule has 0 aliphatic heterocycles. The summed E-state index contributed by atoms with van der Waals surface area (Å²) in [5, 5.41) is 6.37. The van der Waals surface area contributed by atoms with Crippen LogP contribution in [0.25, 0.3) is 0 Å². The molecule has 0 radical (unpaired) electrons. The van der Waals surface area contributed by atoms with Crippen LogP contribution in [0.5, 0.6) is 5.75 Å². The minimum absolute atomic E-state index is 0.0631. The molecule has 0 saturated heterocycles. The molecule has 1 aromatic carbocycles. The molecule has 2 rings (SSSR count). The van der Waals surface area contributed by atoms with Gasteiger partial charge in [-0.3, -0.25) is 4.79 Å². The van der Waals surface area contributed by atoms with Crippen LogP contribution in [-0.2, 0) is 4.79 Å². The van der Waals surface area contributed by atoms with Gasteiger partial charge >= 0.3 is 0 Å². The maximum Gasteiger partial charge on any atom is 0.227 e. The minimum Gasteiger partial charge on any atom is -0.497 e. The van der Waals surface area contributed by atoms with E-state index in [9.17, 15) is 4.79 Å². The first-order chi connectivity index (χ1) is 9.98. The molecule has 1 unspecified atom stereocenters. The van der Waals surface area contributed by atoms with Crippen molar-refractivity contribution in [3.05, 3.63) is 29.8 Å². The Labute approximate surface area is 127 Å². The van der Waals surface area contributed by atoms with Crippen molar-refractivity contribution in [2.45, 2.75) is 32.7 Å². The molecule has 4 heteroatoms. The Morgan fingerprint density at radius 3 is 2.71 bits per heavy atom. The van der Waals surface area contributed by atoms with Gasteiger partial charge in [0.15, 0.2) is 0 Å². The number of carbonyl (C=O) groups is 1. The fourth-order valence-electron chi connectivity index (χ4n) is 2.68. The minimum atomic E-state index is -0.532. The van der Waals surface area contributed by atoms with Gasteiger partial charge in [0.05, 0.1) is 12.5 Å². The predicted molar refractivity (Wildman–Crippen MR) is 84.3 cm³/mol. The summed E-state index contributed by atoms with van der Waals surface area (Å²) in [7, 11) is 3.54. The van der Waals surface area contributed by atoms with E-state index in [1.807, 2.05) is 45.2 Å². The van der Waals surface area contributed by atoms with Gasteiger partial charge in [0.25, 0.3) is 0 Å². The Morgan fingerprint density at radius 1 is 1.43 bits per heavy atom. The molecule has 0 heterocycles. The van der Waals surface area contributed by atoms with Crippen LogP contribution in [-0.4, -0.2) is 26.6 Å². The highest BCUT2D eigenvalue weighted by atomic mass is 16.5. The van der Waals surface area contributed by atoms with Crippen LogP contribution in [0.2, 0.25) is 0 Å². The van der Waals surface area contributed by atoms with Gasteiger partial charge < -0.3 is 15.4 Å². The second kappa shape index (κ2) is 6.48. The smallest absolute Gasteiger partial charge is 0.227 e. The van der Waals surface area contributed by atoms with Gasteiger partial charge in [0, 0.05) is 12.6 Å². The zero-order valence-corrected chi connectivity index (χ0v) is 13.4. The van der Waals surface area contributed by atoms with Crippen LogP contribution >= 0.6 is 0 Å². The Hall–Kier alpha value is -1.55. The average molecular weight is 290 g/mol. The molecule has 1 atom stereocenters. The SMILES string of the molecule is CNC(c1cccc(OC)c1)C(C)(C)C(=O)NCC1CC1. The number of hydrogen-bond acceptors (Lipinski definition) is 3. The topological polar surface area (TPSA) is 50.4 Å². The van der Waals surface area contributed by atoms with E-state index in [0.717, 1.165) is 17.9 Å². The Kier molecular flexibility index (Phi) is 4.88. The molecule has 1 aliphatic rings. The molecule has 2 N–H and O–H groups in total. The normalized spacial score (nSPS) is 16.4. The van der Waals surface area contributed by atoms with E-state index < -0.39 is 5.41 Å². The number of nitrogens with one attached hydrogen (secondary N) is 2. The fraction of sp³-hybridized carbons (Fsp3) is 0.588. The molecule has 1 aliphatic carbocycles. The number of ether oxygens (including phenoxy) is 1. The molecule has 1 saturated carbocycles. The van der Waals surface area contributed by atoms with Crippen molar-refractivity contribution >= 4 is 5.91 Å². The molecule has 4 nitrogen and oxygen atoms in total. The monoisotopic (exact) mass is 290 g/mol. The van der Waals surface area contributed by atoms with E-state index in [1.54, 1.807) is 7.11 Å². The first-order valence-corrected chi connectivity index (χ1v) is 7.58. The summed E-state index contributed by atoms with van der Waals surface area (Å²) < 4.78 is 5.28. The lowest BCUT2D eigenvalue weighted by Gasteiger charge is -2.33. The zero-order chi connectivity index (χ0) is 15.5. The van der Waals surface area contributed by atoms with E-state index >= 15 is 0 Å². The van der Waals surface area contributed by atoms with Gasteiger partial charge in [-0.25, -0.2) is 0 Å². The van der Waals surface area contributed by atoms with E-state index in [4.69, 9.17) is 4.74 Å². The largest absolute Gasteiger partial charge is 0.497 e. The van der Waals surface area contributed by atoms with Gasteiger partial charge in [-0.15, -0.1) is 0 Å². The van der Waals surface area contributed by atoms with E-state index in [0.29, 0.717) is 5.92 Å². The summed E-state index contributed by atoms with van der Waals surface area (Å²) in [5.41, 5.74) is 0.527. The van der Waals surface area contributed by atoms with E-state index in [1.165, 1.54) is 12.8 Å². The van der Waals surface area contributed by atoms with Crippen LogP contribution in [0.4, 0.5) is 0 Å². The summed E-state index contributed by atoms with van der Waals surface area (Å²) in [6, 6.07) is 7.82. The van der Waals surface area contributed by atoms with E-state index in [-0.39, 0.29) is 11.9 Å². The molecular formula is C17H26N2O2. The van der Waals surface area contributed by atoms with Crippen LogP contribution in [0.15, 0.2) is 24.3 Å². The van der Waals surface area contributed by atoms with Crippen LogP contribution < -0.4 is 15.4 Å². The Balaban J connectivity index is 2.14. The third-order valence-electron chi connectivity index (χ3n) is 4.27. The zero-order valence-electron chi connectivity index (χ0n) is 13.4. The third kappa shape index (κ3) is 3.76. The summed E-state index contributed by atoms with van der Waals surface area (Å²) in [5.74, 6) is 1.59. The van der Waals surface area contributed by atoms with Gasteiger partial charge in [0.2, 0.25) is 5.91 Å². The molecule has 1 aromatic rings. The summed E-state index contributed by atoms with van der Waals surface area (Å²) >= 11 is 0. The number of rotatable bonds is 7. The lowest BCUT2D eigenvalue weighted by Crippen LogP contribution is -2.45. The van der Waals surface area contributed by atoms with Crippen molar-refractivity contribution in [1.82, 2.24) is 10.6 Å². The van der Waals surface area contributed by atoms with Crippen LogP contribution in [0, 0.1) is 11.3 Å². The Morgan fingerprint density at radius 2 is 2.14 bits per heavy atom. The lowest BCUT2D eigenvalue weighted by atomic mass is 9.79. The van der Waals surface area contributed by atoms with Crippen LogP contribution in [0.3, 0.4) is 0 Å². The molecule has 0 spiro atoms. The number of hydrogen-bond donors (Lipinski definition) is 2. The first kappa shape index (κ1) is 15.8. The second-order valence-corrected chi connectivity index (χ2v) is 6.37. The van der Waals surface area contributed by atoms with Crippen molar-refractivity contribution in [2.75, 3.05) is 20.7 Å². The quantitative estimate of drug-likeness (QED) is 0.811. The Bertz CT molecular complexity index is 495. The second-order valence-electron chi connectivity index (χ2n) is 6.37. The van der Waals surface area contributed by atoms with Crippen molar-refractivity contribution in [3.8, 4) is 5.75 Å². The third-order valence-corrected chi connectivity index (χ3v) is 4.27. The standard InChI is InChI=1S/C17H26N2O2/c1-17(2,16(20)19-11-12-8-9-12)15(18-3)13-6-5-7-14(10-13)21-4/h5-7,10,12,15,18H,8-9,11H2,1-4H3,(H,19,20). The molecule has 21 heavy (non-hydrogen) atoms. The van der Waals surface area contributed by atoms with Gasteiger partial charge in [0.1, 0.15) is 5.75 Å². The maximum atomic E-state index is 12.5. The summed E-state index contributed by atoms with van der Waals surface area (Å²) in [6.07, 6.45) is 2.48. The number of amides is 1. The molecule has 1 amide bonds. The molecule has 1 fully saturated rings. The first-order valence-electron chi connectivity index (χ1n) is 7.58. The highest BCUT2D eigenvalue weighted by Gasteiger charge is 2.37. The van der Waals surface area contributed by atoms with Crippen LogP contribution in [0.1, 0.15) is 38.3 Å². The summed E-state index contributed by atoms with van der Waals surface area (Å²) in [6.45, 7) is 4.77. The number of benzene rings is 1. The average Bonchev–Trinajstić information content (AvgIpc) is 3.29. The molecule has 116 valence electrons. The van der Waals surface area contributed by atoms with Gasteiger partial charge in [-0.05, 0) is 57.4 Å². The van der Waals surface area contributed by atoms with Crippen molar-refractivity contribution < 1.29 is 9.53 Å². The van der Waals surface area contributed by atoms with Crippen molar-refractivity contribution in [2.24, 2.45) is 11.3 Å². The predicted octanol–water partition coefficient (Wildman–Crippen LogP) is 2.51. The number of methoxy groups -OCH3 is 1. The van der Waals surface area contributed by atoms with Crippen molar-refractivity contribution in [1.29, 1.82) is 0 Å². The number of carbonyl (C=O) groups excluding carboxylic acids is 1. The highest BCUT2D eigenvalue weighted by molar-refractivity contribution is 5.83. The lowest BCUT2D eigenvalue weighted by molar-refractivity contribution is -0.131. The molecular weight excluding hydrogens is 264 g/mol. The highest BCUT2D eigenvalue weighted by Crippen LogP contribution is 2.35. The van der Waals surface area contributed by atoms with Crippen molar-refractivity contribution in [3.63, 3.8) is 0 Å². The molecule has 0 bridgehead atoms. The maximum absolute atomic E-state index is 12.5.